The third-order valence-electron chi connectivity index (χ3n) is 3.16. The van der Waals surface area contributed by atoms with Gasteiger partial charge >= 0.3 is 0 Å². The van der Waals surface area contributed by atoms with Crippen LogP contribution in [0.5, 0.6) is 0 Å². The molecule has 0 heterocycles. The van der Waals surface area contributed by atoms with Crippen molar-refractivity contribution in [2.24, 2.45) is 0 Å². The lowest BCUT2D eigenvalue weighted by Crippen LogP contribution is -1.94. The predicted octanol–water partition coefficient (Wildman–Crippen LogP) is 4.92. The van der Waals surface area contributed by atoms with Gasteiger partial charge in [-0.15, -0.1) is 0 Å². The van der Waals surface area contributed by atoms with Gasteiger partial charge in [-0.25, -0.2) is 8.78 Å². The summed E-state index contributed by atoms with van der Waals surface area (Å²) in [4.78, 5) is 0. The fraction of sp³-hybridized carbons (Fsp3) is 0.368. The highest BCUT2D eigenvalue weighted by Gasteiger charge is 2.03. The molecule has 0 N–H and O–H groups in total. The molecule has 0 aliphatic carbocycles. The first-order valence-electron chi connectivity index (χ1n) is 7.42. The third-order valence-corrected chi connectivity index (χ3v) is 3.16. The van der Waals surface area contributed by atoms with Crippen molar-refractivity contribution >= 4 is 6.08 Å². The molecule has 1 aromatic carbocycles. The number of halogens is 2. The quantitative estimate of drug-likeness (QED) is 0.632. The zero-order chi connectivity index (χ0) is 17.2. The number of hydrogen-bond donors (Lipinski definition) is 0. The van der Waals surface area contributed by atoms with E-state index < -0.39 is 11.6 Å². The average molecular weight is 322 g/mol. The molecule has 0 bridgehead atoms. The average Bonchev–Trinajstić information content (AvgIpc) is 2.48. The van der Waals surface area contributed by atoms with Crippen LogP contribution >= 0.6 is 0 Å². The Balaban J connectivity index is 2.93. The molecule has 0 atom stereocenters. The van der Waals surface area contributed by atoms with E-state index in [1.165, 1.54) is 12.1 Å². The second-order valence-electron chi connectivity index (χ2n) is 5.49. The highest BCUT2D eigenvalue weighted by Crippen LogP contribution is 2.19. The van der Waals surface area contributed by atoms with Crippen LogP contribution in [0.3, 0.4) is 0 Å². The number of hydrogen-bond acceptors (Lipinski definition) is 2. The lowest BCUT2D eigenvalue weighted by atomic mass is 10.0. The van der Waals surface area contributed by atoms with Gasteiger partial charge in [-0.3, -0.25) is 0 Å². The van der Waals surface area contributed by atoms with Gasteiger partial charge in [0.05, 0.1) is 13.2 Å². The van der Waals surface area contributed by atoms with Crippen LogP contribution < -0.4 is 0 Å². The maximum absolute atomic E-state index is 13.7. The second-order valence-corrected chi connectivity index (χ2v) is 5.49. The Morgan fingerprint density at radius 2 is 1.83 bits per heavy atom. The number of methoxy groups -OCH3 is 2. The van der Waals surface area contributed by atoms with Crippen LogP contribution in [-0.2, 0) is 9.47 Å². The summed E-state index contributed by atoms with van der Waals surface area (Å²) >= 11 is 0. The highest BCUT2D eigenvalue weighted by molar-refractivity contribution is 5.54. The largest absolute Gasteiger partial charge is 0.381 e. The summed E-state index contributed by atoms with van der Waals surface area (Å²) in [5, 5.41) is 0. The minimum absolute atomic E-state index is 0.382. The lowest BCUT2D eigenvalue weighted by Gasteiger charge is -2.07. The molecule has 0 aromatic heterocycles. The summed E-state index contributed by atoms with van der Waals surface area (Å²) in [6.45, 7) is 4.97. The third kappa shape index (κ3) is 7.35. The number of benzene rings is 1. The van der Waals surface area contributed by atoms with Crippen LogP contribution in [0, 0.1) is 11.6 Å². The Bertz CT molecular complexity index is 601. The molecule has 0 saturated carbocycles. The minimum atomic E-state index is -0.573. The van der Waals surface area contributed by atoms with Crippen LogP contribution in [0.4, 0.5) is 8.78 Å². The molecule has 23 heavy (non-hydrogen) atoms. The molecule has 0 aliphatic rings. The van der Waals surface area contributed by atoms with Crippen molar-refractivity contribution in [3.8, 4) is 0 Å². The van der Waals surface area contributed by atoms with Gasteiger partial charge in [-0.1, -0.05) is 23.8 Å². The molecule has 2 nitrogen and oxygen atoms in total. The summed E-state index contributed by atoms with van der Waals surface area (Å²) in [5.41, 5.74) is 3.51. The topological polar surface area (TPSA) is 18.5 Å². The van der Waals surface area contributed by atoms with Crippen molar-refractivity contribution in [2.75, 3.05) is 27.4 Å². The molecule has 0 unspecified atom stereocenters. The molecule has 0 aliphatic heterocycles. The van der Waals surface area contributed by atoms with Crippen LogP contribution in [0.2, 0.25) is 0 Å². The summed E-state index contributed by atoms with van der Waals surface area (Å²) in [6, 6.07) is 3.59. The van der Waals surface area contributed by atoms with Gasteiger partial charge in [0.15, 0.2) is 0 Å². The Morgan fingerprint density at radius 1 is 1.09 bits per heavy atom. The second kappa shape index (κ2) is 10.1. The first kappa shape index (κ1) is 19.3. The molecular formula is C19H24F2O2. The number of allylic oxidation sites excluding steroid dienone is 3. The van der Waals surface area contributed by atoms with Crippen molar-refractivity contribution in [2.45, 2.75) is 20.3 Å². The van der Waals surface area contributed by atoms with Crippen molar-refractivity contribution in [1.29, 1.82) is 0 Å². The first-order chi connectivity index (χ1) is 11.0. The zero-order valence-electron chi connectivity index (χ0n) is 14.2. The van der Waals surface area contributed by atoms with Gasteiger partial charge in [0.2, 0.25) is 0 Å². The molecule has 0 fully saturated rings. The van der Waals surface area contributed by atoms with E-state index in [1.807, 2.05) is 26.0 Å². The summed E-state index contributed by atoms with van der Waals surface area (Å²) in [5.74, 6) is -1.13. The van der Waals surface area contributed by atoms with Crippen molar-refractivity contribution < 1.29 is 18.3 Å². The van der Waals surface area contributed by atoms with Crippen LogP contribution in [0.1, 0.15) is 25.8 Å². The molecule has 0 spiro atoms. The normalized spacial score (nSPS) is 13.6. The molecule has 1 rings (SSSR count). The predicted molar refractivity (Wildman–Crippen MR) is 90.2 cm³/mol. The van der Waals surface area contributed by atoms with Gasteiger partial charge in [0.1, 0.15) is 11.6 Å². The number of ether oxygens (including phenoxy) is 2. The van der Waals surface area contributed by atoms with E-state index in [0.717, 1.165) is 22.8 Å². The van der Waals surface area contributed by atoms with Crippen LogP contribution in [0.15, 0.2) is 47.1 Å². The van der Waals surface area contributed by atoms with Crippen molar-refractivity contribution in [3.05, 3.63) is 64.3 Å². The molecule has 126 valence electrons. The standard InChI is InChI=1S/C19H24F2O2/c1-14(11-17-5-6-18(20)12-19(17)21)9-16(7-8-22-3)10-15(2)13-23-4/h5-7,10-12H,8-9,13H2,1-4H3/b14-11+,15-10-,16-7-. The van der Waals surface area contributed by atoms with E-state index in [0.29, 0.717) is 25.2 Å². The number of rotatable bonds is 8. The fourth-order valence-electron chi connectivity index (χ4n) is 2.22. The Kier molecular flexibility index (Phi) is 8.45. The van der Waals surface area contributed by atoms with Crippen LogP contribution in [0.25, 0.3) is 6.08 Å². The molecule has 0 amide bonds. The van der Waals surface area contributed by atoms with E-state index in [4.69, 9.17) is 9.47 Å². The Labute approximate surface area is 137 Å². The van der Waals surface area contributed by atoms with Gasteiger partial charge in [0, 0.05) is 25.8 Å². The van der Waals surface area contributed by atoms with Crippen molar-refractivity contribution in [3.63, 3.8) is 0 Å². The molecule has 0 saturated heterocycles. The van der Waals surface area contributed by atoms with Gasteiger partial charge in [-0.05, 0) is 43.5 Å². The maximum atomic E-state index is 13.7. The summed E-state index contributed by atoms with van der Waals surface area (Å²) in [7, 11) is 3.29. The Morgan fingerprint density at radius 3 is 2.43 bits per heavy atom. The fourth-order valence-corrected chi connectivity index (χ4v) is 2.22. The first-order valence-corrected chi connectivity index (χ1v) is 7.42. The van der Waals surface area contributed by atoms with E-state index in [2.05, 4.69) is 0 Å². The monoisotopic (exact) mass is 322 g/mol. The molecular weight excluding hydrogens is 298 g/mol. The van der Waals surface area contributed by atoms with E-state index in [9.17, 15) is 8.78 Å². The minimum Gasteiger partial charge on any atom is -0.381 e. The van der Waals surface area contributed by atoms with Gasteiger partial charge in [-0.2, -0.15) is 0 Å². The SMILES string of the molecule is COC/C=C(\C=C(\C)COC)C/C(C)=C/c1ccc(F)cc1F. The molecule has 0 radical (unpaired) electrons. The molecule has 4 heteroatoms. The van der Waals surface area contributed by atoms with Crippen LogP contribution in [-0.4, -0.2) is 27.4 Å². The summed E-state index contributed by atoms with van der Waals surface area (Å²) in [6.07, 6.45) is 6.41. The highest BCUT2D eigenvalue weighted by atomic mass is 19.1. The molecule has 1 aromatic rings. The Hall–Kier alpha value is -1.78. The van der Waals surface area contributed by atoms with E-state index >= 15 is 0 Å². The smallest absolute Gasteiger partial charge is 0.133 e. The van der Waals surface area contributed by atoms with E-state index in [1.54, 1.807) is 20.3 Å². The summed E-state index contributed by atoms with van der Waals surface area (Å²) < 4.78 is 36.9. The zero-order valence-corrected chi connectivity index (χ0v) is 14.2. The van der Waals surface area contributed by atoms with Gasteiger partial charge in [0.25, 0.3) is 0 Å². The van der Waals surface area contributed by atoms with Crippen molar-refractivity contribution in [1.82, 2.24) is 0 Å². The van der Waals surface area contributed by atoms with E-state index in [-0.39, 0.29) is 0 Å². The van der Waals surface area contributed by atoms with Gasteiger partial charge < -0.3 is 9.47 Å². The lowest BCUT2D eigenvalue weighted by molar-refractivity contribution is 0.225. The maximum Gasteiger partial charge on any atom is 0.133 e.